The molecule has 5 amide bonds. The third-order valence-corrected chi connectivity index (χ3v) is 7.53. The highest BCUT2D eigenvalue weighted by Crippen LogP contribution is 2.22. The Hall–Kier alpha value is -3.53. The second kappa shape index (κ2) is 9.14. The Morgan fingerprint density at radius 1 is 0.879 bits per heavy atom. The summed E-state index contributed by atoms with van der Waals surface area (Å²) in [6.45, 7) is -0.570. The molecule has 33 heavy (non-hydrogen) atoms. The molecule has 1 atom stereocenters. The molecule has 4 rings (SSSR count). The summed E-state index contributed by atoms with van der Waals surface area (Å²) < 4.78 is 24.0. The molecule has 0 spiro atoms. The van der Waals surface area contributed by atoms with Crippen molar-refractivity contribution < 1.29 is 27.6 Å². The SMILES string of the molecule is O=C1C(=O)N(Cc2ccccc2)C(=O)N1CC(=O)N(Cc1ccccc1)[C@H]1CCS(=O)(=O)C1. The van der Waals surface area contributed by atoms with E-state index in [2.05, 4.69) is 0 Å². The van der Waals surface area contributed by atoms with Gasteiger partial charge in [-0.1, -0.05) is 60.7 Å². The van der Waals surface area contributed by atoms with E-state index in [1.165, 1.54) is 4.90 Å². The topological polar surface area (TPSA) is 112 Å². The number of carbonyl (C=O) groups is 4. The van der Waals surface area contributed by atoms with Gasteiger partial charge in [-0.2, -0.15) is 0 Å². The molecule has 0 unspecified atom stereocenters. The van der Waals surface area contributed by atoms with Gasteiger partial charge in [0.2, 0.25) is 5.91 Å². The summed E-state index contributed by atoms with van der Waals surface area (Å²) in [6, 6.07) is 16.4. The zero-order valence-electron chi connectivity index (χ0n) is 17.8. The molecular weight excluding hydrogens is 446 g/mol. The molecule has 9 nitrogen and oxygen atoms in total. The molecule has 10 heteroatoms. The first kappa shape index (κ1) is 22.7. The fourth-order valence-corrected chi connectivity index (χ4v) is 5.77. The molecule has 2 aromatic carbocycles. The van der Waals surface area contributed by atoms with E-state index in [4.69, 9.17) is 0 Å². The largest absolute Gasteiger partial charge is 0.335 e. The summed E-state index contributed by atoms with van der Waals surface area (Å²) in [4.78, 5) is 53.8. The number of benzene rings is 2. The number of nitrogens with zero attached hydrogens (tertiary/aromatic N) is 3. The average Bonchev–Trinajstić information content (AvgIpc) is 3.26. The van der Waals surface area contributed by atoms with Crippen molar-refractivity contribution in [2.45, 2.75) is 25.6 Å². The Labute approximate surface area is 191 Å². The van der Waals surface area contributed by atoms with E-state index in [1.807, 2.05) is 6.07 Å². The summed E-state index contributed by atoms with van der Waals surface area (Å²) >= 11 is 0. The van der Waals surface area contributed by atoms with Gasteiger partial charge in [-0.05, 0) is 17.5 Å². The summed E-state index contributed by atoms with van der Waals surface area (Å²) in [7, 11) is -3.27. The monoisotopic (exact) mass is 469 g/mol. The molecule has 2 aliphatic heterocycles. The van der Waals surface area contributed by atoms with E-state index >= 15 is 0 Å². The summed E-state index contributed by atoms with van der Waals surface area (Å²) in [6.07, 6.45) is 0.280. The Kier molecular flexibility index (Phi) is 6.28. The molecule has 0 radical (unpaired) electrons. The summed E-state index contributed by atoms with van der Waals surface area (Å²) in [5.41, 5.74) is 1.46. The molecule has 2 aromatic rings. The lowest BCUT2D eigenvalue weighted by molar-refractivity contribution is -0.145. The van der Waals surface area contributed by atoms with Gasteiger partial charge >= 0.3 is 17.8 Å². The van der Waals surface area contributed by atoms with Gasteiger partial charge < -0.3 is 4.90 Å². The number of carbonyl (C=O) groups excluding carboxylic acids is 4. The van der Waals surface area contributed by atoms with Gasteiger partial charge in [0.15, 0.2) is 9.84 Å². The normalized spacial score (nSPS) is 19.9. The van der Waals surface area contributed by atoms with Gasteiger partial charge in [0.05, 0.1) is 18.1 Å². The van der Waals surface area contributed by atoms with Gasteiger partial charge in [-0.25, -0.2) is 18.1 Å². The maximum Gasteiger partial charge on any atom is 0.335 e. The number of imide groups is 2. The lowest BCUT2D eigenvalue weighted by atomic mass is 10.1. The van der Waals surface area contributed by atoms with E-state index < -0.39 is 46.2 Å². The molecule has 2 saturated heterocycles. The minimum Gasteiger partial charge on any atom is -0.333 e. The van der Waals surface area contributed by atoms with Crippen LogP contribution in [-0.4, -0.2) is 71.0 Å². The Morgan fingerprint density at radius 3 is 2.03 bits per heavy atom. The van der Waals surface area contributed by atoms with Crippen LogP contribution in [-0.2, 0) is 37.3 Å². The molecular formula is C23H23N3O6S. The molecule has 0 aromatic heterocycles. The van der Waals surface area contributed by atoms with Gasteiger partial charge in [0, 0.05) is 12.6 Å². The summed E-state index contributed by atoms with van der Waals surface area (Å²) in [5, 5.41) is 0. The van der Waals surface area contributed by atoms with Crippen LogP contribution in [0.4, 0.5) is 4.79 Å². The number of sulfone groups is 1. The zero-order valence-corrected chi connectivity index (χ0v) is 18.6. The van der Waals surface area contributed by atoms with Crippen LogP contribution in [0.2, 0.25) is 0 Å². The van der Waals surface area contributed by atoms with Crippen molar-refractivity contribution in [3.8, 4) is 0 Å². The van der Waals surface area contributed by atoms with Crippen LogP contribution in [0, 0.1) is 0 Å². The molecule has 2 aliphatic rings. The predicted molar refractivity (Wildman–Crippen MR) is 118 cm³/mol. The van der Waals surface area contributed by atoms with Crippen LogP contribution >= 0.6 is 0 Å². The van der Waals surface area contributed by atoms with E-state index in [0.29, 0.717) is 10.5 Å². The molecule has 0 N–H and O–H groups in total. The second-order valence-electron chi connectivity index (χ2n) is 8.11. The van der Waals surface area contributed by atoms with Crippen LogP contribution < -0.4 is 0 Å². The fraction of sp³-hybridized carbons (Fsp3) is 0.304. The van der Waals surface area contributed by atoms with Crippen molar-refractivity contribution in [2.75, 3.05) is 18.1 Å². The van der Waals surface area contributed by atoms with Crippen LogP contribution in [0.3, 0.4) is 0 Å². The van der Waals surface area contributed by atoms with Crippen LogP contribution in [0.15, 0.2) is 60.7 Å². The number of hydrogen-bond donors (Lipinski definition) is 0. The van der Waals surface area contributed by atoms with Crippen molar-refractivity contribution in [3.05, 3.63) is 71.8 Å². The van der Waals surface area contributed by atoms with Crippen molar-refractivity contribution in [1.82, 2.24) is 14.7 Å². The van der Waals surface area contributed by atoms with Crippen LogP contribution in [0.25, 0.3) is 0 Å². The van der Waals surface area contributed by atoms with Crippen molar-refractivity contribution in [1.29, 1.82) is 0 Å². The van der Waals surface area contributed by atoms with E-state index in [9.17, 15) is 27.6 Å². The molecule has 2 heterocycles. The Bertz CT molecular complexity index is 1180. The third-order valence-electron chi connectivity index (χ3n) is 5.78. The number of rotatable bonds is 7. The maximum atomic E-state index is 13.2. The van der Waals surface area contributed by atoms with E-state index in [-0.39, 0.29) is 31.0 Å². The minimum absolute atomic E-state index is 0.0266. The van der Waals surface area contributed by atoms with Crippen molar-refractivity contribution in [3.63, 3.8) is 0 Å². The first-order chi connectivity index (χ1) is 15.7. The highest BCUT2D eigenvalue weighted by atomic mass is 32.2. The molecule has 172 valence electrons. The third kappa shape index (κ3) is 4.95. The zero-order chi connectivity index (χ0) is 23.6. The van der Waals surface area contributed by atoms with Crippen molar-refractivity contribution >= 4 is 33.6 Å². The van der Waals surface area contributed by atoms with E-state index in [0.717, 1.165) is 10.5 Å². The minimum atomic E-state index is -3.27. The second-order valence-corrected chi connectivity index (χ2v) is 10.3. The standard InChI is InChI=1S/C23H23N3O6S/c27-20(24(13-17-7-3-1-4-8-17)19-11-12-33(31,32)16-19)15-26-22(29)21(28)25(23(26)30)14-18-9-5-2-6-10-18/h1-10,19H,11-16H2/t19-/m0/s1. The fourth-order valence-electron chi connectivity index (χ4n) is 4.04. The van der Waals surface area contributed by atoms with Gasteiger partial charge in [-0.15, -0.1) is 0 Å². The van der Waals surface area contributed by atoms with Gasteiger partial charge in [0.25, 0.3) is 0 Å². The predicted octanol–water partition coefficient (Wildman–Crippen LogP) is 1.19. The number of amides is 5. The molecule has 0 aliphatic carbocycles. The highest BCUT2D eigenvalue weighted by molar-refractivity contribution is 7.91. The lowest BCUT2D eigenvalue weighted by Gasteiger charge is -2.29. The maximum absolute atomic E-state index is 13.2. The Morgan fingerprint density at radius 2 is 1.45 bits per heavy atom. The van der Waals surface area contributed by atoms with Gasteiger partial charge in [0.1, 0.15) is 6.54 Å². The molecule has 0 saturated carbocycles. The van der Waals surface area contributed by atoms with Gasteiger partial charge in [-0.3, -0.25) is 19.3 Å². The van der Waals surface area contributed by atoms with Crippen LogP contribution in [0.1, 0.15) is 17.5 Å². The first-order valence-electron chi connectivity index (χ1n) is 10.5. The van der Waals surface area contributed by atoms with Crippen LogP contribution in [0.5, 0.6) is 0 Å². The number of urea groups is 1. The quantitative estimate of drug-likeness (QED) is 0.445. The smallest absolute Gasteiger partial charge is 0.333 e. The Balaban J connectivity index is 1.52. The van der Waals surface area contributed by atoms with E-state index in [1.54, 1.807) is 54.6 Å². The lowest BCUT2D eigenvalue weighted by Crippen LogP contribution is -2.47. The number of hydrogen-bond acceptors (Lipinski definition) is 6. The summed E-state index contributed by atoms with van der Waals surface area (Å²) in [5.74, 6) is -2.84. The molecule has 2 fully saturated rings. The first-order valence-corrected chi connectivity index (χ1v) is 12.3. The average molecular weight is 470 g/mol. The van der Waals surface area contributed by atoms with Crippen molar-refractivity contribution in [2.24, 2.45) is 0 Å². The highest BCUT2D eigenvalue weighted by Gasteiger charge is 2.46. The molecule has 0 bridgehead atoms.